The van der Waals surface area contributed by atoms with Crippen molar-refractivity contribution in [2.24, 2.45) is 0 Å². The number of alkyl halides is 1. The van der Waals surface area contributed by atoms with Crippen LogP contribution >= 0.6 is 23.2 Å². The van der Waals surface area contributed by atoms with Gasteiger partial charge in [0.2, 0.25) is 0 Å². The van der Waals surface area contributed by atoms with Crippen molar-refractivity contribution in [1.82, 2.24) is 0 Å². The van der Waals surface area contributed by atoms with Crippen LogP contribution in [0.1, 0.15) is 27.6 Å². The Morgan fingerprint density at radius 3 is 2.05 bits per heavy atom. The molecule has 2 rings (SSSR count). The van der Waals surface area contributed by atoms with Crippen molar-refractivity contribution >= 4 is 23.2 Å². The Morgan fingerprint density at radius 1 is 0.947 bits per heavy atom. The van der Waals surface area contributed by atoms with Crippen molar-refractivity contribution < 1.29 is 4.74 Å². The Balaban J connectivity index is 2.35. The van der Waals surface area contributed by atoms with Crippen LogP contribution in [0.2, 0.25) is 5.02 Å². The van der Waals surface area contributed by atoms with Crippen LogP contribution in [-0.2, 0) is 0 Å². The fourth-order valence-corrected chi connectivity index (χ4v) is 2.47. The first-order chi connectivity index (χ1) is 9.02. The topological polar surface area (TPSA) is 9.23 Å². The number of hydrogen-bond donors (Lipinski definition) is 0. The van der Waals surface area contributed by atoms with Crippen molar-refractivity contribution in [2.45, 2.75) is 19.2 Å². The molecule has 0 saturated carbocycles. The minimum absolute atomic E-state index is 0.180. The molecular formula is C16H16Cl2O. The smallest absolute Gasteiger partial charge is 0.121 e. The van der Waals surface area contributed by atoms with Gasteiger partial charge in [0.15, 0.2) is 0 Å². The number of methoxy groups -OCH3 is 1. The van der Waals surface area contributed by atoms with Crippen molar-refractivity contribution in [3.8, 4) is 5.75 Å². The van der Waals surface area contributed by atoms with Gasteiger partial charge in [0.1, 0.15) is 5.75 Å². The molecule has 1 unspecified atom stereocenters. The summed E-state index contributed by atoms with van der Waals surface area (Å²) in [6.07, 6.45) is 0. The molecule has 3 heteroatoms. The average molecular weight is 295 g/mol. The lowest BCUT2D eigenvalue weighted by Gasteiger charge is -2.14. The normalized spacial score (nSPS) is 12.3. The number of ether oxygens (including phenoxy) is 1. The Hall–Kier alpha value is -1.18. The molecule has 2 aromatic carbocycles. The quantitative estimate of drug-likeness (QED) is 0.699. The average Bonchev–Trinajstić information content (AvgIpc) is 2.41. The summed E-state index contributed by atoms with van der Waals surface area (Å²) >= 11 is 12.6. The number of rotatable bonds is 3. The first-order valence-electron chi connectivity index (χ1n) is 6.07. The first kappa shape index (κ1) is 14.2. The second-order valence-corrected chi connectivity index (χ2v) is 5.44. The van der Waals surface area contributed by atoms with E-state index in [1.54, 1.807) is 7.11 Å². The molecule has 0 aliphatic rings. The lowest BCUT2D eigenvalue weighted by atomic mass is 10.0. The van der Waals surface area contributed by atoms with E-state index < -0.39 is 0 Å². The molecule has 0 aliphatic carbocycles. The Kier molecular flexibility index (Phi) is 4.38. The maximum absolute atomic E-state index is 6.54. The van der Waals surface area contributed by atoms with Gasteiger partial charge in [0, 0.05) is 5.02 Å². The standard InChI is InChI=1S/C16H16Cl2O/c1-10-8-12(4-6-14(10)17)16(18)13-5-7-15(19-3)11(2)9-13/h4-9,16H,1-3H3. The van der Waals surface area contributed by atoms with E-state index >= 15 is 0 Å². The van der Waals surface area contributed by atoms with E-state index in [9.17, 15) is 0 Å². The molecule has 0 heterocycles. The third-order valence-corrected chi connectivity index (χ3v) is 4.11. The summed E-state index contributed by atoms with van der Waals surface area (Å²) in [6.45, 7) is 3.99. The third-order valence-electron chi connectivity index (χ3n) is 3.19. The Morgan fingerprint density at radius 2 is 1.53 bits per heavy atom. The summed E-state index contributed by atoms with van der Waals surface area (Å²) in [4.78, 5) is 0. The molecular weight excluding hydrogens is 279 g/mol. The summed E-state index contributed by atoms with van der Waals surface area (Å²) in [6, 6.07) is 11.9. The number of hydrogen-bond acceptors (Lipinski definition) is 1. The molecule has 0 aromatic heterocycles. The fourth-order valence-electron chi connectivity index (χ4n) is 2.08. The van der Waals surface area contributed by atoms with Gasteiger partial charge in [0.25, 0.3) is 0 Å². The van der Waals surface area contributed by atoms with Crippen LogP contribution < -0.4 is 4.74 Å². The molecule has 0 fully saturated rings. The van der Waals surface area contributed by atoms with Gasteiger partial charge in [-0.05, 0) is 48.2 Å². The third kappa shape index (κ3) is 3.05. The summed E-state index contributed by atoms with van der Waals surface area (Å²) < 4.78 is 5.26. The number of aryl methyl sites for hydroxylation is 2. The van der Waals surface area contributed by atoms with Crippen LogP contribution in [0.25, 0.3) is 0 Å². The van der Waals surface area contributed by atoms with Crippen LogP contribution in [0, 0.1) is 13.8 Å². The van der Waals surface area contributed by atoms with E-state index in [1.165, 1.54) is 0 Å². The predicted molar refractivity (Wildman–Crippen MR) is 81.6 cm³/mol. The maximum Gasteiger partial charge on any atom is 0.121 e. The predicted octanol–water partition coefficient (Wildman–Crippen LogP) is 5.29. The Bertz CT molecular complexity index is 593. The summed E-state index contributed by atoms with van der Waals surface area (Å²) in [5.74, 6) is 0.875. The van der Waals surface area contributed by atoms with E-state index in [-0.39, 0.29) is 5.38 Å². The Labute approximate surface area is 124 Å². The van der Waals surface area contributed by atoms with Gasteiger partial charge < -0.3 is 4.74 Å². The van der Waals surface area contributed by atoms with E-state index in [4.69, 9.17) is 27.9 Å². The van der Waals surface area contributed by atoms with E-state index in [0.29, 0.717) is 0 Å². The fraction of sp³-hybridized carbons (Fsp3) is 0.250. The van der Waals surface area contributed by atoms with Gasteiger partial charge in [-0.15, -0.1) is 11.6 Å². The zero-order chi connectivity index (χ0) is 14.0. The zero-order valence-corrected chi connectivity index (χ0v) is 12.7. The molecule has 0 saturated heterocycles. The SMILES string of the molecule is COc1ccc(C(Cl)c2ccc(Cl)c(C)c2)cc1C. The molecule has 1 nitrogen and oxygen atoms in total. The number of benzene rings is 2. The highest BCUT2D eigenvalue weighted by Crippen LogP contribution is 2.33. The molecule has 100 valence electrons. The minimum Gasteiger partial charge on any atom is -0.496 e. The number of halogens is 2. The molecule has 0 bridgehead atoms. The minimum atomic E-state index is -0.180. The summed E-state index contributed by atoms with van der Waals surface area (Å²) in [5.41, 5.74) is 4.22. The zero-order valence-electron chi connectivity index (χ0n) is 11.2. The monoisotopic (exact) mass is 294 g/mol. The summed E-state index contributed by atoms with van der Waals surface area (Å²) in [5, 5.41) is 0.583. The van der Waals surface area contributed by atoms with Gasteiger partial charge in [0.05, 0.1) is 12.5 Å². The van der Waals surface area contributed by atoms with Crippen LogP contribution in [0.15, 0.2) is 36.4 Å². The van der Waals surface area contributed by atoms with Crippen molar-refractivity contribution in [3.63, 3.8) is 0 Å². The van der Waals surface area contributed by atoms with E-state index in [0.717, 1.165) is 33.0 Å². The first-order valence-corrected chi connectivity index (χ1v) is 6.89. The highest BCUT2D eigenvalue weighted by Gasteiger charge is 2.13. The lowest BCUT2D eigenvalue weighted by molar-refractivity contribution is 0.411. The highest BCUT2D eigenvalue weighted by atomic mass is 35.5. The van der Waals surface area contributed by atoms with Crippen LogP contribution in [0.4, 0.5) is 0 Å². The lowest BCUT2D eigenvalue weighted by Crippen LogP contribution is -1.96. The molecule has 0 radical (unpaired) electrons. The molecule has 2 aromatic rings. The van der Waals surface area contributed by atoms with E-state index in [2.05, 4.69) is 6.07 Å². The second-order valence-electron chi connectivity index (χ2n) is 4.60. The van der Waals surface area contributed by atoms with Crippen molar-refractivity contribution in [2.75, 3.05) is 7.11 Å². The van der Waals surface area contributed by atoms with Gasteiger partial charge in [-0.1, -0.05) is 35.9 Å². The van der Waals surface area contributed by atoms with Crippen LogP contribution in [0.3, 0.4) is 0 Å². The van der Waals surface area contributed by atoms with Gasteiger partial charge >= 0.3 is 0 Å². The highest BCUT2D eigenvalue weighted by molar-refractivity contribution is 6.31. The van der Waals surface area contributed by atoms with Gasteiger partial charge in [-0.3, -0.25) is 0 Å². The molecule has 0 amide bonds. The van der Waals surface area contributed by atoms with Gasteiger partial charge in [-0.2, -0.15) is 0 Å². The van der Waals surface area contributed by atoms with Crippen molar-refractivity contribution in [1.29, 1.82) is 0 Å². The maximum atomic E-state index is 6.54. The molecule has 0 N–H and O–H groups in total. The second kappa shape index (κ2) is 5.85. The van der Waals surface area contributed by atoms with Crippen LogP contribution in [0.5, 0.6) is 5.75 Å². The summed E-state index contributed by atoms with van der Waals surface area (Å²) in [7, 11) is 1.67. The molecule has 19 heavy (non-hydrogen) atoms. The largest absolute Gasteiger partial charge is 0.496 e. The van der Waals surface area contributed by atoms with E-state index in [1.807, 2.05) is 44.2 Å². The van der Waals surface area contributed by atoms with Crippen LogP contribution in [-0.4, -0.2) is 7.11 Å². The molecule has 0 aliphatic heterocycles. The molecule has 1 atom stereocenters. The molecule has 0 spiro atoms. The van der Waals surface area contributed by atoms with Gasteiger partial charge in [-0.25, -0.2) is 0 Å². The van der Waals surface area contributed by atoms with Crippen molar-refractivity contribution in [3.05, 3.63) is 63.7 Å².